The molecule has 0 rings (SSSR count). The molecule has 1 unspecified atom stereocenters. The molecule has 0 aliphatic carbocycles. The van der Waals surface area contributed by atoms with E-state index in [4.69, 9.17) is 16.7 Å². The molecule has 0 spiro atoms. The Morgan fingerprint density at radius 3 is 2.44 bits per heavy atom. The van der Waals surface area contributed by atoms with Crippen LogP contribution in [0.1, 0.15) is 13.8 Å². The van der Waals surface area contributed by atoms with Gasteiger partial charge in [-0.15, -0.1) is 11.6 Å². The molecule has 0 aliphatic rings. The van der Waals surface area contributed by atoms with E-state index in [0.29, 0.717) is 11.1 Å². The number of rotatable bonds is 4. The number of hydrogen-bond donors (Lipinski definition) is 1. The molecule has 0 saturated heterocycles. The van der Waals surface area contributed by atoms with Gasteiger partial charge in [0.05, 0.1) is 6.10 Å². The second kappa shape index (κ2) is 5.39. The number of halogens is 1. The summed E-state index contributed by atoms with van der Waals surface area (Å²) in [5, 5.41) is 9.54. The van der Waals surface area contributed by atoms with Crippen molar-refractivity contribution in [1.29, 1.82) is 0 Å². The van der Waals surface area contributed by atoms with Crippen molar-refractivity contribution in [3.63, 3.8) is 0 Å². The number of aliphatic hydroxyl groups excluding tert-OH is 1. The van der Waals surface area contributed by atoms with Crippen LogP contribution in [0, 0.1) is 0 Å². The first-order valence-corrected chi connectivity index (χ1v) is 4.60. The fourth-order valence-electron chi connectivity index (χ4n) is 0.348. The molecule has 3 heteroatoms. The average Bonchev–Trinajstić information content (AvgIpc) is 1.83. The highest BCUT2D eigenvalue weighted by Gasteiger charge is 2.02. The van der Waals surface area contributed by atoms with Gasteiger partial charge in [-0.3, -0.25) is 0 Å². The first-order valence-electron chi connectivity index (χ1n) is 3.02. The lowest BCUT2D eigenvalue weighted by atomic mass is 10.5. The average molecular weight is 169 g/mol. The summed E-state index contributed by atoms with van der Waals surface area (Å²) < 4.78 is 0. The Morgan fingerprint density at radius 2 is 2.11 bits per heavy atom. The highest BCUT2D eigenvalue weighted by atomic mass is 35.5. The molecule has 0 fully saturated rings. The van der Waals surface area contributed by atoms with E-state index in [1.54, 1.807) is 11.8 Å². The molecule has 0 heterocycles. The Kier molecular flexibility index (Phi) is 5.75. The van der Waals surface area contributed by atoms with E-state index < -0.39 is 0 Å². The van der Waals surface area contributed by atoms with Gasteiger partial charge in [-0.1, -0.05) is 13.8 Å². The van der Waals surface area contributed by atoms with Crippen LogP contribution in [0.15, 0.2) is 0 Å². The lowest BCUT2D eigenvalue weighted by Crippen LogP contribution is -2.12. The molecule has 0 aromatic carbocycles. The van der Waals surface area contributed by atoms with Crippen LogP contribution in [-0.4, -0.2) is 28.1 Å². The summed E-state index contributed by atoms with van der Waals surface area (Å²) in [7, 11) is 0. The predicted molar refractivity (Wildman–Crippen MR) is 44.3 cm³/mol. The van der Waals surface area contributed by atoms with Gasteiger partial charge in [-0.25, -0.2) is 0 Å². The number of thioether (sulfide) groups is 1. The zero-order valence-electron chi connectivity index (χ0n) is 5.80. The van der Waals surface area contributed by atoms with Crippen molar-refractivity contribution in [2.75, 3.05) is 11.6 Å². The maximum absolute atomic E-state index is 8.95. The van der Waals surface area contributed by atoms with Crippen LogP contribution in [0.25, 0.3) is 0 Å². The van der Waals surface area contributed by atoms with E-state index in [-0.39, 0.29) is 6.10 Å². The zero-order valence-corrected chi connectivity index (χ0v) is 7.37. The first-order chi connectivity index (χ1) is 4.16. The minimum absolute atomic E-state index is 0.334. The molecule has 0 bridgehead atoms. The topological polar surface area (TPSA) is 20.2 Å². The lowest BCUT2D eigenvalue weighted by molar-refractivity contribution is 0.223. The normalized spacial score (nSPS) is 14.3. The molecule has 0 radical (unpaired) electrons. The summed E-state index contributed by atoms with van der Waals surface area (Å²) in [6.45, 7) is 4.21. The SMILES string of the molecule is CC(C)SCC(O)CCl. The highest BCUT2D eigenvalue weighted by molar-refractivity contribution is 7.99. The quantitative estimate of drug-likeness (QED) is 0.646. The number of aliphatic hydroxyl groups is 1. The van der Waals surface area contributed by atoms with Gasteiger partial charge in [0.2, 0.25) is 0 Å². The maximum Gasteiger partial charge on any atom is 0.0765 e. The number of hydrogen-bond acceptors (Lipinski definition) is 2. The van der Waals surface area contributed by atoms with Crippen LogP contribution >= 0.6 is 23.4 Å². The predicted octanol–water partition coefficient (Wildman–Crippen LogP) is 1.73. The smallest absolute Gasteiger partial charge is 0.0765 e. The monoisotopic (exact) mass is 168 g/mol. The maximum atomic E-state index is 8.95. The molecular weight excluding hydrogens is 156 g/mol. The fraction of sp³-hybridized carbons (Fsp3) is 1.00. The molecule has 1 atom stereocenters. The summed E-state index contributed by atoms with van der Waals surface area (Å²) >= 11 is 7.10. The summed E-state index contributed by atoms with van der Waals surface area (Å²) in [6, 6.07) is 0. The summed E-state index contributed by atoms with van der Waals surface area (Å²) in [6.07, 6.45) is -0.334. The molecule has 0 aromatic heterocycles. The highest BCUT2D eigenvalue weighted by Crippen LogP contribution is 2.10. The first kappa shape index (κ1) is 9.60. The van der Waals surface area contributed by atoms with Crippen LogP contribution in [0.4, 0.5) is 0 Å². The molecule has 9 heavy (non-hydrogen) atoms. The molecule has 0 amide bonds. The van der Waals surface area contributed by atoms with Crippen molar-refractivity contribution >= 4 is 23.4 Å². The van der Waals surface area contributed by atoms with Crippen LogP contribution in [0.3, 0.4) is 0 Å². The summed E-state index contributed by atoms with van der Waals surface area (Å²) in [5.74, 6) is 1.10. The minimum atomic E-state index is -0.334. The largest absolute Gasteiger partial charge is 0.391 e. The van der Waals surface area contributed by atoms with Crippen molar-refractivity contribution in [1.82, 2.24) is 0 Å². The van der Waals surface area contributed by atoms with Crippen molar-refractivity contribution in [3.8, 4) is 0 Å². The third kappa shape index (κ3) is 6.49. The second-order valence-corrected chi connectivity index (χ2v) is 4.11. The number of alkyl halides is 1. The van der Waals surface area contributed by atoms with Crippen molar-refractivity contribution in [3.05, 3.63) is 0 Å². The third-order valence-corrected chi connectivity index (χ3v) is 2.40. The van der Waals surface area contributed by atoms with Gasteiger partial charge >= 0.3 is 0 Å². The Morgan fingerprint density at radius 1 is 1.56 bits per heavy atom. The standard InChI is InChI=1S/C6H13ClOS/c1-5(2)9-4-6(8)3-7/h5-6,8H,3-4H2,1-2H3. The van der Waals surface area contributed by atoms with E-state index in [0.717, 1.165) is 5.75 Å². The Bertz CT molecular complexity index is 68.1. The molecule has 56 valence electrons. The fourth-order valence-corrected chi connectivity index (χ4v) is 1.31. The van der Waals surface area contributed by atoms with E-state index in [1.165, 1.54) is 0 Å². The Hall–Kier alpha value is 0.600. The molecule has 0 saturated carbocycles. The van der Waals surface area contributed by atoms with Crippen molar-refractivity contribution in [2.45, 2.75) is 25.2 Å². The van der Waals surface area contributed by atoms with Crippen LogP contribution in [0.2, 0.25) is 0 Å². The van der Waals surface area contributed by atoms with E-state index >= 15 is 0 Å². The van der Waals surface area contributed by atoms with Crippen molar-refractivity contribution < 1.29 is 5.11 Å². The second-order valence-electron chi connectivity index (χ2n) is 2.19. The molecular formula is C6H13ClOS. The minimum Gasteiger partial charge on any atom is -0.391 e. The third-order valence-electron chi connectivity index (χ3n) is 0.800. The summed E-state index contributed by atoms with van der Waals surface area (Å²) in [4.78, 5) is 0. The Balaban J connectivity index is 3.06. The van der Waals surface area contributed by atoms with Crippen LogP contribution in [0.5, 0.6) is 0 Å². The van der Waals surface area contributed by atoms with E-state index in [9.17, 15) is 0 Å². The van der Waals surface area contributed by atoms with Gasteiger partial charge in [-0.05, 0) is 5.25 Å². The Labute approximate surface area is 65.8 Å². The van der Waals surface area contributed by atoms with Gasteiger partial charge in [0.1, 0.15) is 0 Å². The van der Waals surface area contributed by atoms with Gasteiger partial charge < -0.3 is 5.11 Å². The molecule has 1 N–H and O–H groups in total. The van der Waals surface area contributed by atoms with Gasteiger partial charge in [0, 0.05) is 11.6 Å². The zero-order chi connectivity index (χ0) is 7.28. The summed E-state index contributed by atoms with van der Waals surface area (Å²) in [5.41, 5.74) is 0. The van der Waals surface area contributed by atoms with Crippen molar-refractivity contribution in [2.24, 2.45) is 0 Å². The van der Waals surface area contributed by atoms with Crippen LogP contribution in [-0.2, 0) is 0 Å². The molecule has 1 nitrogen and oxygen atoms in total. The molecule has 0 aromatic rings. The van der Waals surface area contributed by atoms with Crippen LogP contribution < -0.4 is 0 Å². The van der Waals surface area contributed by atoms with Gasteiger partial charge in [-0.2, -0.15) is 11.8 Å². The van der Waals surface area contributed by atoms with E-state index in [1.807, 2.05) is 0 Å². The lowest BCUT2D eigenvalue weighted by Gasteiger charge is -2.07. The molecule has 0 aliphatic heterocycles. The van der Waals surface area contributed by atoms with E-state index in [2.05, 4.69) is 13.8 Å². The van der Waals surface area contributed by atoms with Gasteiger partial charge in [0.25, 0.3) is 0 Å². The van der Waals surface area contributed by atoms with Gasteiger partial charge in [0.15, 0.2) is 0 Å².